The van der Waals surface area contributed by atoms with Crippen molar-refractivity contribution in [2.24, 2.45) is 5.92 Å². The van der Waals surface area contributed by atoms with Crippen molar-refractivity contribution < 1.29 is 27.5 Å². The average molecular weight is 305 g/mol. The van der Waals surface area contributed by atoms with E-state index in [0.29, 0.717) is 13.0 Å². The number of carbonyl (C=O) groups is 2. The number of esters is 1. The van der Waals surface area contributed by atoms with Gasteiger partial charge in [0.25, 0.3) is 0 Å². The first-order valence-electron chi connectivity index (χ1n) is 6.59. The van der Waals surface area contributed by atoms with Gasteiger partial charge in [0.15, 0.2) is 15.9 Å². The van der Waals surface area contributed by atoms with Gasteiger partial charge in [-0.25, -0.2) is 13.2 Å². The summed E-state index contributed by atoms with van der Waals surface area (Å²) in [5.41, 5.74) is 0. The molecule has 0 aromatic rings. The maximum absolute atomic E-state index is 12.1. The zero-order chi connectivity index (χ0) is 14.8. The third kappa shape index (κ3) is 3.69. The lowest BCUT2D eigenvalue weighted by molar-refractivity contribution is -0.162. The van der Waals surface area contributed by atoms with Crippen LogP contribution >= 0.6 is 0 Å². The van der Waals surface area contributed by atoms with Gasteiger partial charge in [-0.3, -0.25) is 4.79 Å². The quantitative estimate of drug-likeness (QED) is 0.635. The van der Waals surface area contributed by atoms with Crippen LogP contribution in [0.1, 0.15) is 12.8 Å². The second-order valence-corrected chi connectivity index (χ2v) is 7.42. The molecule has 2 aliphatic rings. The van der Waals surface area contributed by atoms with Gasteiger partial charge in [0.1, 0.15) is 0 Å². The van der Waals surface area contributed by atoms with Crippen LogP contribution in [0.25, 0.3) is 0 Å². The van der Waals surface area contributed by atoms with Crippen LogP contribution in [0.4, 0.5) is 0 Å². The molecule has 2 heterocycles. The van der Waals surface area contributed by atoms with Gasteiger partial charge in [0.2, 0.25) is 5.91 Å². The molecule has 0 aromatic heterocycles. The number of amides is 1. The standard InChI is InChI=1S/C12H19NO6S/c1-18-12(15)10-7-13(3-4-19-10)11(14)6-9-2-5-20(16,17)8-9/h9-10H,2-8H2,1H3. The van der Waals surface area contributed by atoms with Crippen LogP contribution in [0, 0.1) is 5.92 Å². The van der Waals surface area contributed by atoms with Crippen LogP contribution in [-0.4, -0.2) is 69.6 Å². The van der Waals surface area contributed by atoms with Gasteiger partial charge in [0.05, 0.1) is 31.8 Å². The zero-order valence-electron chi connectivity index (χ0n) is 11.4. The molecule has 1 amide bonds. The molecule has 0 aromatic carbocycles. The van der Waals surface area contributed by atoms with Crippen molar-refractivity contribution in [1.29, 1.82) is 0 Å². The molecule has 2 fully saturated rings. The minimum Gasteiger partial charge on any atom is -0.467 e. The average Bonchev–Trinajstić information content (AvgIpc) is 2.77. The van der Waals surface area contributed by atoms with Crippen LogP contribution in [-0.2, 0) is 28.9 Å². The zero-order valence-corrected chi connectivity index (χ0v) is 12.2. The summed E-state index contributed by atoms with van der Waals surface area (Å²) in [7, 11) is -1.70. The number of hydrogen-bond acceptors (Lipinski definition) is 6. The second-order valence-electron chi connectivity index (χ2n) is 5.20. The summed E-state index contributed by atoms with van der Waals surface area (Å²) in [5.74, 6) is -0.468. The summed E-state index contributed by atoms with van der Waals surface area (Å²) in [6.45, 7) is 0.880. The van der Waals surface area contributed by atoms with Crippen molar-refractivity contribution in [2.75, 3.05) is 38.3 Å². The molecule has 2 rings (SSSR count). The smallest absolute Gasteiger partial charge is 0.336 e. The van der Waals surface area contributed by atoms with E-state index in [0.717, 1.165) is 0 Å². The van der Waals surface area contributed by atoms with E-state index < -0.39 is 21.9 Å². The number of rotatable bonds is 3. The van der Waals surface area contributed by atoms with Crippen LogP contribution in [0.5, 0.6) is 0 Å². The summed E-state index contributed by atoms with van der Waals surface area (Å²) in [4.78, 5) is 25.1. The Kier molecular flexibility index (Phi) is 4.64. The third-order valence-electron chi connectivity index (χ3n) is 3.67. The van der Waals surface area contributed by atoms with E-state index in [1.165, 1.54) is 7.11 Å². The Balaban J connectivity index is 1.88. The fraction of sp³-hybridized carbons (Fsp3) is 0.833. The highest BCUT2D eigenvalue weighted by molar-refractivity contribution is 7.91. The molecule has 2 aliphatic heterocycles. The predicted octanol–water partition coefficient (Wildman–Crippen LogP) is -0.788. The van der Waals surface area contributed by atoms with Gasteiger partial charge in [-0.15, -0.1) is 0 Å². The topological polar surface area (TPSA) is 90.0 Å². The SMILES string of the molecule is COC(=O)C1CN(C(=O)CC2CCS(=O)(=O)C2)CCO1. The van der Waals surface area contributed by atoms with E-state index in [2.05, 4.69) is 4.74 Å². The second kappa shape index (κ2) is 6.09. The minimum absolute atomic E-state index is 0.0868. The third-order valence-corrected chi connectivity index (χ3v) is 5.51. The van der Waals surface area contributed by atoms with E-state index in [4.69, 9.17) is 4.74 Å². The van der Waals surface area contributed by atoms with Gasteiger partial charge in [-0.2, -0.15) is 0 Å². The normalized spacial score (nSPS) is 29.1. The van der Waals surface area contributed by atoms with Crippen LogP contribution in [0.2, 0.25) is 0 Å². The van der Waals surface area contributed by atoms with Crippen molar-refractivity contribution in [2.45, 2.75) is 18.9 Å². The van der Waals surface area contributed by atoms with Gasteiger partial charge in [-0.05, 0) is 12.3 Å². The number of hydrogen-bond donors (Lipinski definition) is 0. The summed E-state index contributed by atoms with van der Waals surface area (Å²) < 4.78 is 32.6. The highest BCUT2D eigenvalue weighted by atomic mass is 32.2. The molecule has 0 radical (unpaired) electrons. The first-order valence-corrected chi connectivity index (χ1v) is 8.41. The van der Waals surface area contributed by atoms with Crippen LogP contribution < -0.4 is 0 Å². The molecule has 2 atom stereocenters. The molecule has 0 bridgehead atoms. The first kappa shape index (κ1) is 15.2. The molecule has 7 nitrogen and oxygen atoms in total. The monoisotopic (exact) mass is 305 g/mol. The van der Waals surface area contributed by atoms with E-state index in [1.807, 2.05) is 0 Å². The number of nitrogens with zero attached hydrogens (tertiary/aromatic N) is 1. The number of methoxy groups -OCH3 is 1. The highest BCUT2D eigenvalue weighted by Gasteiger charge is 2.33. The van der Waals surface area contributed by atoms with Gasteiger partial charge < -0.3 is 14.4 Å². The lowest BCUT2D eigenvalue weighted by Gasteiger charge is -2.32. The lowest BCUT2D eigenvalue weighted by atomic mass is 10.0. The first-order chi connectivity index (χ1) is 9.41. The molecule has 2 saturated heterocycles. The maximum Gasteiger partial charge on any atom is 0.336 e. The molecule has 8 heteroatoms. The van der Waals surface area contributed by atoms with Crippen molar-refractivity contribution in [3.63, 3.8) is 0 Å². The fourth-order valence-corrected chi connectivity index (χ4v) is 4.42. The molecule has 20 heavy (non-hydrogen) atoms. The van der Waals surface area contributed by atoms with Crippen molar-refractivity contribution in [3.05, 3.63) is 0 Å². The van der Waals surface area contributed by atoms with Crippen molar-refractivity contribution in [1.82, 2.24) is 4.90 Å². The Hall–Kier alpha value is -1.15. The molecular weight excluding hydrogens is 286 g/mol. The van der Waals surface area contributed by atoms with Gasteiger partial charge in [-0.1, -0.05) is 0 Å². The number of carbonyl (C=O) groups excluding carboxylic acids is 2. The molecule has 0 N–H and O–H groups in total. The molecule has 0 spiro atoms. The summed E-state index contributed by atoms with van der Waals surface area (Å²) in [6.07, 6.45) is 0.0106. The number of morpholine rings is 1. The van der Waals surface area contributed by atoms with Crippen molar-refractivity contribution >= 4 is 21.7 Å². The van der Waals surface area contributed by atoms with Crippen LogP contribution in [0.15, 0.2) is 0 Å². The lowest BCUT2D eigenvalue weighted by Crippen LogP contribution is -2.49. The van der Waals surface area contributed by atoms with E-state index in [-0.39, 0.29) is 42.9 Å². The fourth-order valence-electron chi connectivity index (χ4n) is 2.56. The highest BCUT2D eigenvalue weighted by Crippen LogP contribution is 2.23. The molecule has 0 saturated carbocycles. The molecule has 2 unspecified atom stereocenters. The summed E-state index contributed by atoms with van der Waals surface area (Å²) in [5, 5.41) is 0. The van der Waals surface area contributed by atoms with Crippen LogP contribution in [0.3, 0.4) is 0 Å². The predicted molar refractivity (Wildman–Crippen MR) is 69.7 cm³/mol. The number of ether oxygens (including phenoxy) is 2. The van der Waals surface area contributed by atoms with Gasteiger partial charge >= 0.3 is 5.97 Å². The Labute approximate surface area is 118 Å². The Morgan fingerprint density at radius 1 is 1.40 bits per heavy atom. The molecule has 114 valence electrons. The van der Waals surface area contributed by atoms with E-state index in [9.17, 15) is 18.0 Å². The Morgan fingerprint density at radius 2 is 2.15 bits per heavy atom. The summed E-state index contributed by atoms with van der Waals surface area (Å²) in [6, 6.07) is 0. The molecule has 0 aliphatic carbocycles. The molecular formula is C12H19NO6S. The maximum atomic E-state index is 12.1. The largest absolute Gasteiger partial charge is 0.467 e. The Bertz CT molecular complexity index is 488. The number of sulfone groups is 1. The van der Waals surface area contributed by atoms with Gasteiger partial charge in [0, 0.05) is 13.0 Å². The van der Waals surface area contributed by atoms with Crippen molar-refractivity contribution in [3.8, 4) is 0 Å². The minimum atomic E-state index is -2.97. The Morgan fingerprint density at radius 3 is 2.75 bits per heavy atom. The summed E-state index contributed by atoms with van der Waals surface area (Å²) >= 11 is 0. The van der Waals surface area contributed by atoms with E-state index in [1.54, 1.807) is 4.90 Å². The van der Waals surface area contributed by atoms with E-state index >= 15 is 0 Å².